The van der Waals surface area contributed by atoms with Gasteiger partial charge in [0.15, 0.2) is 0 Å². The number of aromatic nitrogens is 2. The monoisotopic (exact) mass is 276 g/mol. The molecule has 0 saturated heterocycles. The summed E-state index contributed by atoms with van der Waals surface area (Å²) >= 11 is 10.9. The van der Waals surface area contributed by atoms with Crippen LogP contribution in [0.15, 0.2) is 36.7 Å². The molecule has 18 heavy (non-hydrogen) atoms. The summed E-state index contributed by atoms with van der Waals surface area (Å²) in [7, 11) is 0. The van der Waals surface area contributed by atoms with Crippen molar-refractivity contribution in [2.24, 2.45) is 0 Å². The van der Waals surface area contributed by atoms with Crippen LogP contribution in [0.25, 0.3) is 0 Å². The minimum Gasteiger partial charge on any atom is -0.243 e. The van der Waals surface area contributed by atoms with Crippen LogP contribution in [0.4, 0.5) is 0 Å². The molecule has 2 heterocycles. The summed E-state index contributed by atoms with van der Waals surface area (Å²) in [6, 6.07) is 10.3. The lowest BCUT2D eigenvalue weighted by Gasteiger charge is -1.85. The van der Waals surface area contributed by atoms with Gasteiger partial charge in [0.25, 0.3) is 0 Å². The summed E-state index contributed by atoms with van der Waals surface area (Å²) in [5.74, 6) is 0. The van der Waals surface area contributed by atoms with Gasteiger partial charge in [-0.2, -0.15) is 10.5 Å². The minimum atomic E-state index is 0.411. The Bertz CT molecular complexity index is 524. The van der Waals surface area contributed by atoms with Crippen molar-refractivity contribution in [1.29, 1.82) is 10.5 Å². The molecular weight excluding hydrogens is 271 g/mol. The lowest BCUT2D eigenvalue weighted by Crippen LogP contribution is -1.75. The number of halogens is 2. The van der Waals surface area contributed by atoms with E-state index in [4.69, 9.17) is 33.7 Å². The number of pyridine rings is 2. The van der Waals surface area contributed by atoms with E-state index in [2.05, 4.69) is 9.97 Å². The fraction of sp³-hybridized carbons (Fsp3) is 0. The Hall–Kier alpha value is -2.14. The van der Waals surface area contributed by atoms with Gasteiger partial charge in [0.2, 0.25) is 0 Å². The molecule has 0 N–H and O–H groups in total. The number of hydrogen-bond acceptors (Lipinski definition) is 4. The predicted molar refractivity (Wildman–Crippen MR) is 67.9 cm³/mol. The molecule has 0 bridgehead atoms. The maximum atomic E-state index is 8.30. The molecule has 0 aromatic carbocycles. The van der Waals surface area contributed by atoms with Crippen molar-refractivity contribution in [2.75, 3.05) is 0 Å². The first-order valence-corrected chi connectivity index (χ1v) is 5.44. The van der Waals surface area contributed by atoms with E-state index in [-0.39, 0.29) is 0 Å². The minimum absolute atomic E-state index is 0.411. The Kier molecular flexibility index (Phi) is 5.60. The van der Waals surface area contributed by atoms with Crippen LogP contribution in [0.2, 0.25) is 10.3 Å². The Labute approximate surface area is 114 Å². The van der Waals surface area contributed by atoms with Crippen LogP contribution >= 0.6 is 23.2 Å². The number of rotatable bonds is 0. The zero-order valence-corrected chi connectivity index (χ0v) is 10.5. The maximum Gasteiger partial charge on any atom is 0.129 e. The zero-order chi connectivity index (χ0) is 13.4. The van der Waals surface area contributed by atoms with Gasteiger partial charge < -0.3 is 0 Å². The van der Waals surface area contributed by atoms with Crippen molar-refractivity contribution in [1.82, 2.24) is 9.97 Å². The van der Waals surface area contributed by atoms with Gasteiger partial charge in [0.05, 0.1) is 11.1 Å². The second-order valence-electron chi connectivity index (χ2n) is 2.96. The highest BCUT2D eigenvalue weighted by Crippen LogP contribution is 2.03. The first-order chi connectivity index (χ1) is 8.65. The van der Waals surface area contributed by atoms with Crippen LogP contribution in [0.5, 0.6) is 0 Å². The Morgan fingerprint density at radius 1 is 0.778 bits per heavy atom. The van der Waals surface area contributed by atoms with Crippen LogP contribution < -0.4 is 0 Å². The first kappa shape index (κ1) is 13.9. The summed E-state index contributed by atoms with van der Waals surface area (Å²) in [6.45, 7) is 0. The van der Waals surface area contributed by atoms with E-state index < -0.39 is 0 Å². The molecule has 4 nitrogen and oxygen atoms in total. The number of nitrogens with zero attached hydrogens (tertiary/aromatic N) is 4. The molecule has 2 aromatic rings. The molecule has 0 aliphatic rings. The largest absolute Gasteiger partial charge is 0.243 e. The third kappa shape index (κ3) is 4.80. The van der Waals surface area contributed by atoms with E-state index in [9.17, 15) is 0 Å². The van der Waals surface area contributed by atoms with Crippen LogP contribution in [-0.2, 0) is 0 Å². The zero-order valence-electron chi connectivity index (χ0n) is 9.01. The molecule has 0 aliphatic carbocycles. The van der Waals surface area contributed by atoms with Crippen molar-refractivity contribution < 1.29 is 0 Å². The van der Waals surface area contributed by atoms with Crippen molar-refractivity contribution in [3.63, 3.8) is 0 Å². The SMILES string of the molecule is N#Cc1ccc(Cl)nc1.N#Cc1ccc(Cl)nc1. The Morgan fingerprint density at radius 3 is 1.39 bits per heavy atom. The third-order valence-corrected chi connectivity index (χ3v) is 2.16. The summed E-state index contributed by atoms with van der Waals surface area (Å²) in [5.41, 5.74) is 1.05. The Morgan fingerprint density at radius 2 is 1.17 bits per heavy atom. The topological polar surface area (TPSA) is 73.4 Å². The molecular formula is C12H6Cl2N4. The highest BCUT2D eigenvalue weighted by molar-refractivity contribution is 6.29. The van der Waals surface area contributed by atoms with Gasteiger partial charge in [0.1, 0.15) is 22.4 Å². The molecule has 0 spiro atoms. The molecule has 0 saturated carbocycles. The first-order valence-electron chi connectivity index (χ1n) is 4.69. The lowest BCUT2D eigenvalue weighted by atomic mass is 10.3. The van der Waals surface area contributed by atoms with E-state index in [1.54, 1.807) is 24.3 Å². The highest BCUT2D eigenvalue weighted by atomic mass is 35.5. The van der Waals surface area contributed by atoms with Crippen molar-refractivity contribution in [3.8, 4) is 12.1 Å². The van der Waals surface area contributed by atoms with Crippen LogP contribution in [0.3, 0.4) is 0 Å². The van der Waals surface area contributed by atoms with Crippen molar-refractivity contribution in [3.05, 3.63) is 58.1 Å². The predicted octanol–water partition coefficient (Wildman–Crippen LogP) is 3.21. The number of nitriles is 2. The molecule has 0 fully saturated rings. The lowest BCUT2D eigenvalue weighted by molar-refractivity contribution is 1.30. The fourth-order valence-electron chi connectivity index (χ4n) is 0.884. The van der Waals surface area contributed by atoms with Crippen molar-refractivity contribution in [2.45, 2.75) is 0 Å². The van der Waals surface area contributed by atoms with E-state index in [1.807, 2.05) is 12.1 Å². The molecule has 6 heteroatoms. The van der Waals surface area contributed by atoms with Gasteiger partial charge in [-0.15, -0.1) is 0 Å². The average Bonchev–Trinajstić information content (AvgIpc) is 2.41. The molecule has 2 rings (SSSR count). The molecule has 88 valence electrons. The smallest absolute Gasteiger partial charge is 0.129 e. The van der Waals surface area contributed by atoms with Crippen LogP contribution in [0.1, 0.15) is 11.1 Å². The van der Waals surface area contributed by atoms with E-state index in [0.29, 0.717) is 21.4 Å². The molecule has 0 amide bonds. The standard InChI is InChI=1S/2C6H3ClN2/c2*7-6-2-1-5(3-8)4-9-6/h2*1-2,4H. The summed E-state index contributed by atoms with van der Waals surface area (Å²) in [6.07, 6.45) is 2.87. The average molecular weight is 277 g/mol. The Balaban J connectivity index is 0.000000180. The summed E-state index contributed by atoms with van der Waals surface area (Å²) in [5, 5.41) is 17.4. The fourth-order valence-corrected chi connectivity index (χ4v) is 1.11. The molecule has 0 atom stereocenters. The second kappa shape index (κ2) is 7.24. The van der Waals surface area contributed by atoms with E-state index in [1.165, 1.54) is 12.4 Å². The maximum absolute atomic E-state index is 8.30. The van der Waals surface area contributed by atoms with E-state index in [0.717, 1.165) is 0 Å². The molecule has 0 aliphatic heterocycles. The number of hydrogen-bond donors (Lipinski definition) is 0. The van der Waals surface area contributed by atoms with Gasteiger partial charge in [0, 0.05) is 12.4 Å². The molecule has 0 radical (unpaired) electrons. The normalized spacial score (nSPS) is 8.44. The quantitative estimate of drug-likeness (QED) is 0.693. The van der Waals surface area contributed by atoms with Crippen LogP contribution in [0, 0.1) is 22.7 Å². The van der Waals surface area contributed by atoms with Crippen LogP contribution in [-0.4, -0.2) is 9.97 Å². The van der Waals surface area contributed by atoms with Gasteiger partial charge in [-0.3, -0.25) is 0 Å². The third-order valence-electron chi connectivity index (χ3n) is 1.71. The second-order valence-corrected chi connectivity index (χ2v) is 3.74. The summed E-state index contributed by atoms with van der Waals surface area (Å²) in [4.78, 5) is 7.39. The van der Waals surface area contributed by atoms with E-state index >= 15 is 0 Å². The van der Waals surface area contributed by atoms with Gasteiger partial charge in [-0.25, -0.2) is 9.97 Å². The van der Waals surface area contributed by atoms with Gasteiger partial charge in [-0.05, 0) is 24.3 Å². The molecule has 0 unspecified atom stereocenters. The van der Waals surface area contributed by atoms with Crippen molar-refractivity contribution >= 4 is 23.2 Å². The van der Waals surface area contributed by atoms with Gasteiger partial charge in [-0.1, -0.05) is 23.2 Å². The molecule has 2 aromatic heterocycles. The highest BCUT2D eigenvalue weighted by Gasteiger charge is 1.88. The summed E-state index contributed by atoms with van der Waals surface area (Å²) < 4.78 is 0. The van der Waals surface area contributed by atoms with Gasteiger partial charge >= 0.3 is 0 Å².